The summed E-state index contributed by atoms with van der Waals surface area (Å²) >= 11 is 0. The SMILES string of the molecule is COC(=O)C(CNC(=O)C1(c2ccccc2)CCCO1)Oc1ccc(F)cc1. The maximum Gasteiger partial charge on any atom is 0.348 e. The Morgan fingerprint density at radius 2 is 1.89 bits per heavy atom. The normalized spacial score (nSPS) is 19.6. The van der Waals surface area contributed by atoms with Crippen LogP contribution in [0.4, 0.5) is 4.39 Å². The van der Waals surface area contributed by atoms with E-state index < -0.39 is 23.5 Å². The molecule has 6 nitrogen and oxygen atoms in total. The van der Waals surface area contributed by atoms with Crippen LogP contribution >= 0.6 is 0 Å². The number of carbonyl (C=O) groups excluding carboxylic acids is 2. The first-order chi connectivity index (χ1) is 13.5. The Hall–Kier alpha value is -2.93. The monoisotopic (exact) mass is 387 g/mol. The number of esters is 1. The van der Waals surface area contributed by atoms with Gasteiger partial charge in [0.05, 0.1) is 13.7 Å². The van der Waals surface area contributed by atoms with E-state index in [-0.39, 0.29) is 12.5 Å². The predicted molar refractivity (Wildman–Crippen MR) is 99.1 cm³/mol. The van der Waals surface area contributed by atoms with Crippen molar-refractivity contribution in [3.8, 4) is 5.75 Å². The van der Waals surface area contributed by atoms with E-state index >= 15 is 0 Å². The van der Waals surface area contributed by atoms with Gasteiger partial charge >= 0.3 is 5.97 Å². The second-order valence-corrected chi connectivity index (χ2v) is 6.44. The fourth-order valence-electron chi connectivity index (χ4n) is 3.20. The van der Waals surface area contributed by atoms with Crippen LogP contribution in [0.1, 0.15) is 18.4 Å². The second-order valence-electron chi connectivity index (χ2n) is 6.44. The molecule has 1 amide bonds. The molecule has 1 saturated heterocycles. The number of benzene rings is 2. The summed E-state index contributed by atoms with van der Waals surface area (Å²) in [7, 11) is 1.23. The van der Waals surface area contributed by atoms with Crippen LogP contribution in [0, 0.1) is 5.82 Å². The maximum absolute atomic E-state index is 13.1. The molecule has 0 aromatic heterocycles. The quantitative estimate of drug-likeness (QED) is 0.740. The van der Waals surface area contributed by atoms with Gasteiger partial charge in [0.25, 0.3) is 5.91 Å². The molecular formula is C21H22FNO5. The number of amides is 1. The molecule has 0 radical (unpaired) electrons. The number of carbonyl (C=O) groups is 2. The van der Waals surface area contributed by atoms with Crippen molar-refractivity contribution in [2.45, 2.75) is 24.5 Å². The molecule has 0 aliphatic carbocycles. The first-order valence-corrected chi connectivity index (χ1v) is 9.03. The van der Waals surface area contributed by atoms with Crippen LogP contribution in [0.2, 0.25) is 0 Å². The molecule has 28 heavy (non-hydrogen) atoms. The Bertz CT molecular complexity index is 803. The van der Waals surface area contributed by atoms with E-state index in [0.29, 0.717) is 18.8 Å². The lowest BCUT2D eigenvalue weighted by Gasteiger charge is -2.28. The molecular weight excluding hydrogens is 365 g/mol. The minimum absolute atomic E-state index is 0.110. The van der Waals surface area contributed by atoms with Crippen LogP contribution in [0.15, 0.2) is 54.6 Å². The Morgan fingerprint density at radius 3 is 2.50 bits per heavy atom. The minimum Gasteiger partial charge on any atom is -0.477 e. The third kappa shape index (κ3) is 4.31. The van der Waals surface area contributed by atoms with Crippen molar-refractivity contribution in [3.63, 3.8) is 0 Å². The molecule has 1 heterocycles. The van der Waals surface area contributed by atoms with E-state index in [0.717, 1.165) is 12.0 Å². The second kappa shape index (κ2) is 8.84. The van der Waals surface area contributed by atoms with E-state index in [1.807, 2.05) is 30.3 Å². The zero-order chi connectivity index (χ0) is 20.0. The van der Waals surface area contributed by atoms with Crippen LogP contribution < -0.4 is 10.1 Å². The van der Waals surface area contributed by atoms with Gasteiger partial charge in [-0.2, -0.15) is 0 Å². The molecule has 0 spiro atoms. The average molecular weight is 387 g/mol. The van der Waals surface area contributed by atoms with Gasteiger partial charge < -0.3 is 19.5 Å². The maximum atomic E-state index is 13.1. The molecule has 2 atom stereocenters. The first-order valence-electron chi connectivity index (χ1n) is 9.03. The van der Waals surface area contributed by atoms with Crippen LogP contribution in [-0.2, 0) is 24.7 Å². The molecule has 0 saturated carbocycles. The molecule has 2 aromatic rings. The molecule has 1 aliphatic heterocycles. The molecule has 1 N–H and O–H groups in total. The summed E-state index contributed by atoms with van der Waals surface area (Å²) in [5.74, 6) is -1.11. The van der Waals surface area contributed by atoms with Gasteiger partial charge in [0.15, 0.2) is 5.60 Å². The molecule has 1 aliphatic rings. The predicted octanol–water partition coefficient (Wildman–Crippen LogP) is 2.57. The molecule has 2 aromatic carbocycles. The highest BCUT2D eigenvalue weighted by molar-refractivity contribution is 5.87. The largest absolute Gasteiger partial charge is 0.477 e. The smallest absolute Gasteiger partial charge is 0.348 e. The van der Waals surface area contributed by atoms with Gasteiger partial charge in [-0.15, -0.1) is 0 Å². The highest BCUT2D eigenvalue weighted by atomic mass is 19.1. The Morgan fingerprint density at radius 1 is 1.18 bits per heavy atom. The van der Waals surface area contributed by atoms with Crippen molar-refractivity contribution in [3.05, 3.63) is 66.0 Å². The van der Waals surface area contributed by atoms with Gasteiger partial charge in [0, 0.05) is 6.61 Å². The summed E-state index contributed by atoms with van der Waals surface area (Å²) in [5.41, 5.74) is -0.322. The summed E-state index contributed by atoms with van der Waals surface area (Å²) < 4.78 is 29.2. The first kappa shape index (κ1) is 19.8. The minimum atomic E-state index is -1.09. The van der Waals surface area contributed by atoms with Crippen LogP contribution in [0.3, 0.4) is 0 Å². The van der Waals surface area contributed by atoms with Crippen molar-refractivity contribution >= 4 is 11.9 Å². The topological polar surface area (TPSA) is 73.9 Å². The fourth-order valence-corrected chi connectivity index (χ4v) is 3.20. The number of ether oxygens (including phenoxy) is 3. The van der Waals surface area contributed by atoms with Gasteiger partial charge in [-0.25, -0.2) is 9.18 Å². The van der Waals surface area contributed by atoms with Crippen LogP contribution in [0.25, 0.3) is 0 Å². The van der Waals surface area contributed by atoms with Gasteiger partial charge in [0.1, 0.15) is 11.6 Å². The average Bonchev–Trinajstić information content (AvgIpc) is 3.23. The zero-order valence-corrected chi connectivity index (χ0v) is 15.5. The van der Waals surface area contributed by atoms with Crippen molar-refractivity contribution in [2.75, 3.05) is 20.3 Å². The Labute approximate surface area is 162 Å². The third-order valence-corrected chi connectivity index (χ3v) is 4.63. The number of methoxy groups -OCH3 is 1. The standard InChI is InChI=1S/C21H22FNO5/c1-26-19(24)18(28-17-10-8-16(22)9-11-17)14-23-20(25)21(12-5-13-27-21)15-6-3-2-4-7-15/h2-4,6-11,18H,5,12-14H2,1H3,(H,23,25). The van der Waals surface area contributed by atoms with E-state index in [9.17, 15) is 14.0 Å². The Kier molecular flexibility index (Phi) is 6.26. The van der Waals surface area contributed by atoms with Gasteiger partial charge in [-0.1, -0.05) is 30.3 Å². The lowest BCUT2D eigenvalue weighted by atomic mass is 9.90. The third-order valence-electron chi connectivity index (χ3n) is 4.63. The molecule has 1 fully saturated rings. The number of rotatable bonds is 7. The summed E-state index contributed by atoms with van der Waals surface area (Å²) in [6.45, 7) is 0.371. The van der Waals surface area contributed by atoms with E-state index in [1.165, 1.54) is 31.4 Å². The van der Waals surface area contributed by atoms with Crippen LogP contribution in [-0.4, -0.2) is 38.2 Å². The van der Waals surface area contributed by atoms with Gasteiger partial charge in [-0.3, -0.25) is 4.79 Å². The highest BCUT2D eigenvalue weighted by Gasteiger charge is 2.44. The fraction of sp³-hybridized carbons (Fsp3) is 0.333. The van der Waals surface area contributed by atoms with Crippen molar-refractivity contribution in [2.24, 2.45) is 0 Å². The van der Waals surface area contributed by atoms with Gasteiger partial charge in [-0.05, 0) is 42.7 Å². The van der Waals surface area contributed by atoms with E-state index in [4.69, 9.17) is 14.2 Å². The molecule has 0 bridgehead atoms. The van der Waals surface area contributed by atoms with Crippen LogP contribution in [0.5, 0.6) is 5.75 Å². The van der Waals surface area contributed by atoms with Crippen molar-refractivity contribution in [1.29, 1.82) is 0 Å². The number of hydrogen-bond donors (Lipinski definition) is 1. The zero-order valence-electron chi connectivity index (χ0n) is 15.5. The Balaban J connectivity index is 1.72. The summed E-state index contributed by atoms with van der Waals surface area (Å²) in [6.07, 6.45) is 0.230. The molecule has 148 valence electrons. The van der Waals surface area contributed by atoms with E-state index in [1.54, 1.807) is 0 Å². The number of nitrogens with one attached hydrogen (secondary N) is 1. The lowest BCUT2D eigenvalue weighted by Crippen LogP contribution is -2.49. The molecule has 7 heteroatoms. The van der Waals surface area contributed by atoms with E-state index in [2.05, 4.69) is 5.32 Å². The molecule has 3 rings (SSSR count). The van der Waals surface area contributed by atoms with Crippen molar-refractivity contribution < 1.29 is 28.2 Å². The summed E-state index contributed by atoms with van der Waals surface area (Å²) in [6, 6.07) is 14.5. The van der Waals surface area contributed by atoms with Gasteiger partial charge in [0.2, 0.25) is 6.10 Å². The summed E-state index contributed by atoms with van der Waals surface area (Å²) in [4.78, 5) is 25.0. The van der Waals surface area contributed by atoms with Crippen molar-refractivity contribution in [1.82, 2.24) is 5.32 Å². The highest BCUT2D eigenvalue weighted by Crippen LogP contribution is 2.36. The lowest BCUT2D eigenvalue weighted by molar-refractivity contribution is -0.150. The number of hydrogen-bond acceptors (Lipinski definition) is 5. The summed E-state index contributed by atoms with van der Waals surface area (Å²) in [5, 5.41) is 2.75. The number of halogens is 1. The molecule has 2 unspecified atom stereocenters.